The van der Waals surface area contributed by atoms with Crippen molar-refractivity contribution in [2.75, 3.05) is 13.1 Å². The highest BCUT2D eigenvalue weighted by molar-refractivity contribution is 6.35. The van der Waals surface area contributed by atoms with Crippen molar-refractivity contribution in [3.05, 3.63) is 35.6 Å². The lowest BCUT2D eigenvalue weighted by molar-refractivity contribution is 0.458. The van der Waals surface area contributed by atoms with Crippen LogP contribution in [0, 0.1) is 16.6 Å². The zero-order chi connectivity index (χ0) is 13.4. The topological polar surface area (TPSA) is 85.8 Å². The van der Waals surface area contributed by atoms with Gasteiger partial charge in [0.25, 0.3) is 0 Å². The molecule has 1 fully saturated rings. The van der Waals surface area contributed by atoms with Crippen molar-refractivity contribution in [3.63, 3.8) is 0 Å². The number of nitrogens with two attached hydrogens (primary N) is 1. The fraction of sp³-hybridized carbons (Fsp3) is 0.385. The maximum absolute atomic E-state index is 12.3. The molecule has 1 aromatic rings. The summed E-state index contributed by atoms with van der Waals surface area (Å²) in [5.74, 6) is -0.327. The monoisotopic (exact) mass is 250 g/mol. The van der Waals surface area contributed by atoms with Crippen LogP contribution in [-0.2, 0) is 0 Å². The van der Waals surface area contributed by atoms with Gasteiger partial charge in [0, 0.05) is 17.8 Å². The molecule has 1 heterocycles. The summed E-state index contributed by atoms with van der Waals surface area (Å²) >= 11 is 0. The maximum atomic E-state index is 12.3. The van der Waals surface area contributed by atoms with Gasteiger partial charge in [0.15, 0.2) is 0 Å². The molecule has 0 aromatic heterocycles. The Morgan fingerprint density at radius 2 is 1.83 bits per heavy atom. The Bertz CT molecular complexity index is 382. The zero-order valence-corrected chi connectivity index (χ0v) is 10.2. The van der Waals surface area contributed by atoms with E-state index >= 15 is 0 Å². The Morgan fingerprint density at radius 3 is 2.22 bits per heavy atom. The van der Waals surface area contributed by atoms with E-state index in [2.05, 4.69) is 5.32 Å². The molecule has 0 unspecified atom stereocenters. The Balaban J connectivity index is 0.000000199. The Morgan fingerprint density at radius 1 is 1.28 bits per heavy atom. The third kappa shape index (κ3) is 5.16. The first-order valence-corrected chi connectivity index (χ1v) is 5.94. The molecular formula is C13H19FN4. The minimum atomic E-state index is -0.327. The molecule has 2 rings (SSSR count). The average Bonchev–Trinajstić information content (AvgIpc) is 2.40. The highest BCUT2D eigenvalue weighted by atomic mass is 19.1. The van der Waals surface area contributed by atoms with Crippen LogP contribution in [0.15, 0.2) is 24.3 Å². The van der Waals surface area contributed by atoms with Gasteiger partial charge >= 0.3 is 0 Å². The van der Waals surface area contributed by atoms with E-state index < -0.39 is 0 Å². The number of hydrogen-bond donors (Lipinski definition) is 4. The number of benzene rings is 1. The van der Waals surface area contributed by atoms with Crippen LogP contribution in [0.1, 0.15) is 18.4 Å². The van der Waals surface area contributed by atoms with Crippen LogP contribution < -0.4 is 11.1 Å². The quantitative estimate of drug-likeness (QED) is 0.600. The number of hydrogen-bond acceptors (Lipinski definition) is 4. The SMILES string of the molecule is N=CC(=N)c1ccc(F)cc1.NC1CCNCC1. The Kier molecular flexibility index (Phi) is 6.18. The predicted molar refractivity (Wildman–Crippen MR) is 72.1 cm³/mol. The fourth-order valence-corrected chi connectivity index (χ4v) is 1.56. The van der Waals surface area contributed by atoms with Gasteiger partial charge in [-0.2, -0.15) is 0 Å². The van der Waals surface area contributed by atoms with Gasteiger partial charge in [-0.1, -0.05) is 0 Å². The number of piperidine rings is 1. The first-order chi connectivity index (χ1) is 8.63. The molecule has 1 saturated heterocycles. The van der Waals surface area contributed by atoms with E-state index in [1.165, 1.54) is 24.3 Å². The van der Waals surface area contributed by atoms with Crippen LogP contribution in [0.4, 0.5) is 4.39 Å². The lowest BCUT2D eigenvalue weighted by Crippen LogP contribution is -2.35. The molecule has 0 radical (unpaired) electrons. The lowest BCUT2D eigenvalue weighted by Gasteiger charge is -2.17. The molecule has 5 N–H and O–H groups in total. The zero-order valence-electron chi connectivity index (χ0n) is 10.2. The maximum Gasteiger partial charge on any atom is 0.123 e. The van der Waals surface area contributed by atoms with Gasteiger partial charge in [0.2, 0.25) is 0 Å². The van der Waals surface area contributed by atoms with Gasteiger partial charge in [-0.25, -0.2) is 4.39 Å². The summed E-state index contributed by atoms with van der Waals surface area (Å²) in [6.07, 6.45) is 3.23. The molecule has 0 spiro atoms. The second-order valence-corrected chi connectivity index (χ2v) is 4.15. The number of nitrogens with one attached hydrogen (secondary N) is 3. The molecule has 0 saturated carbocycles. The summed E-state index contributed by atoms with van der Waals surface area (Å²) in [4.78, 5) is 0. The third-order valence-corrected chi connectivity index (χ3v) is 2.68. The predicted octanol–water partition coefficient (Wildman–Crippen LogP) is 1.54. The third-order valence-electron chi connectivity index (χ3n) is 2.68. The van der Waals surface area contributed by atoms with Crippen LogP contribution in [0.3, 0.4) is 0 Å². The largest absolute Gasteiger partial charge is 0.328 e. The van der Waals surface area contributed by atoms with Gasteiger partial charge in [-0.05, 0) is 50.2 Å². The second-order valence-electron chi connectivity index (χ2n) is 4.15. The van der Waals surface area contributed by atoms with E-state index in [4.69, 9.17) is 16.6 Å². The fourth-order valence-electron chi connectivity index (χ4n) is 1.56. The van der Waals surface area contributed by atoms with Crippen molar-refractivity contribution >= 4 is 11.9 Å². The van der Waals surface area contributed by atoms with E-state index in [0.29, 0.717) is 11.6 Å². The molecule has 0 bridgehead atoms. The van der Waals surface area contributed by atoms with E-state index in [1.807, 2.05) is 0 Å². The molecule has 1 aliphatic heterocycles. The Labute approximate surface area is 106 Å². The first kappa shape index (κ1) is 14.5. The minimum absolute atomic E-state index is 0.0880. The summed E-state index contributed by atoms with van der Waals surface area (Å²) in [6, 6.07) is 5.97. The molecule has 98 valence electrons. The van der Waals surface area contributed by atoms with Crippen LogP contribution in [-0.4, -0.2) is 31.1 Å². The summed E-state index contributed by atoms with van der Waals surface area (Å²) < 4.78 is 12.3. The van der Waals surface area contributed by atoms with Crippen molar-refractivity contribution in [3.8, 4) is 0 Å². The first-order valence-electron chi connectivity index (χ1n) is 5.94. The summed E-state index contributed by atoms with van der Waals surface area (Å²) in [7, 11) is 0. The lowest BCUT2D eigenvalue weighted by atomic mass is 10.1. The van der Waals surface area contributed by atoms with Crippen LogP contribution >= 0.6 is 0 Å². The Hall–Kier alpha value is -1.59. The molecule has 1 aliphatic rings. The van der Waals surface area contributed by atoms with Crippen LogP contribution in [0.2, 0.25) is 0 Å². The van der Waals surface area contributed by atoms with Gasteiger partial charge in [-0.3, -0.25) is 5.41 Å². The average molecular weight is 250 g/mol. The standard InChI is InChI=1S/C8H7FN2.C5H12N2/c9-7-3-1-6(2-4-7)8(11)5-10;6-5-1-3-7-4-2-5/h1-5,10-11H;5,7H,1-4,6H2. The van der Waals surface area contributed by atoms with Crippen LogP contribution in [0.5, 0.6) is 0 Å². The minimum Gasteiger partial charge on any atom is -0.328 e. The van der Waals surface area contributed by atoms with Gasteiger partial charge in [0.05, 0.1) is 5.71 Å². The van der Waals surface area contributed by atoms with Crippen molar-refractivity contribution in [1.29, 1.82) is 10.8 Å². The molecule has 5 heteroatoms. The van der Waals surface area contributed by atoms with E-state index in [0.717, 1.165) is 32.1 Å². The summed E-state index contributed by atoms with van der Waals surface area (Å²) in [6.45, 7) is 2.22. The van der Waals surface area contributed by atoms with E-state index in [9.17, 15) is 4.39 Å². The van der Waals surface area contributed by atoms with E-state index in [-0.39, 0.29) is 11.5 Å². The van der Waals surface area contributed by atoms with Gasteiger partial charge < -0.3 is 16.5 Å². The molecule has 0 aliphatic carbocycles. The molecule has 1 aromatic carbocycles. The number of halogens is 1. The highest BCUT2D eigenvalue weighted by Gasteiger charge is 2.05. The second kappa shape index (κ2) is 7.68. The number of rotatable bonds is 2. The molecule has 4 nitrogen and oxygen atoms in total. The van der Waals surface area contributed by atoms with Crippen molar-refractivity contribution in [1.82, 2.24) is 5.32 Å². The van der Waals surface area contributed by atoms with Gasteiger partial charge in [-0.15, -0.1) is 0 Å². The van der Waals surface area contributed by atoms with Crippen LogP contribution in [0.25, 0.3) is 0 Å². The molecule has 0 atom stereocenters. The van der Waals surface area contributed by atoms with Gasteiger partial charge in [0.1, 0.15) is 5.82 Å². The normalized spacial score (nSPS) is 15.4. The van der Waals surface area contributed by atoms with Crippen molar-refractivity contribution < 1.29 is 4.39 Å². The van der Waals surface area contributed by atoms with Crippen molar-refractivity contribution in [2.45, 2.75) is 18.9 Å². The highest BCUT2D eigenvalue weighted by Crippen LogP contribution is 2.01. The van der Waals surface area contributed by atoms with Crippen molar-refractivity contribution in [2.24, 2.45) is 5.73 Å². The smallest absolute Gasteiger partial charge is 0.123 e. The molecular weight excluding hydrogens is 231 g/mol. The summed E-state index contributed by atoms with van der Waals surface area (Å²) in [5, 5.41) is 17.2. The summed E-state index contributed by atoms with van der Waals surface area (Å²) in [5.41, 5.74) is 6.24. The van der Waals surface area contributed by atoms with E-state index in [1.54, 1.807) is 0 Å². The molecule has 18 heavy (non-hydrogen) atoms. The molecule has 0 amide bonds.